The monoisotopic (exact) mass is 235 g/mol. The van der Waals surface area contributed by atoms with Crippen LogP contribution in [0.2, 0.25) is 0 Å². The lowest BCUT2D eigenvalue weighted by molar-refractivity contribution is 0.0910. The molecule has 92 valence electrons. The number of hydrogen-bond donors (Lipinski definition) is 1. The van der Waals surface area contributed by atoms with E-state index in [1.807, 2.05) is 6.07 Å². The molecule has 2 N–H and O–H groups in total. The summed E-state index contributed by atoms with van der Waals surface area (Å²) in [5, 5.41) is 0. The molecule has 17 heavy (non-hydrogen) atoms. The molecule has 1 heterocycles. The quantitative estimate of drug-likeness (QED) is 0.807. The van der Waals surface area contributed by atoms with Crippen molar-refractivity contribution in [2.75, 3.05) is 13.7 Å². The molecule has 2 rings (SSSR count). The Balaban J connectivity index is 2.50. The third-order valence-corrected chi connectivity index (χ3v) is 2.84. The number of carbonyl (C=O) groups excluding carboxylic acids is 1. The second-order valence-corrected chi connectivity index (χ2v) is 4.81. The summed E-state index contributed by atoms with van der Waals surface area (Å²) in [6.45, 7) is 4.04. The van der Waals surface area contributed by atoms with Crippen LogP contribution < -0.4 is 15.2 Å². The van der Waals surface area contributed by atoms with Gasteiger partial charge in [-0.1, -0.05) is 0 Å². The van der Waals surface area contributed by atoms with Crippen LogP contribution >= 0.6 is 0 Å². The zero-order valence-electron chi connectivity index (χ0n) is 10.4. The van der Waals surface area contributed by atoms with Gasteiger partial charge >= 0.3 is 0 Å². The second kappa shape index (κ2) is 4.04. The van der Waals surface area contributed by atoms with Gasteiger partial charge in [0.25, 0.3) is 0 Å². The van der Waals surface area contributed by atoms with E-state index in [1.165, 1.54) is 7.11 Å². The van der Waals surface area contributed by atoms with E-state index in [1.54, 1.807) is 19.9 Å². The van der Waals surface area contributed by atoms with Crippen molar-refractivity contribution in [2.45, 2.75) is 25.8 Å². The molecular weight excluding hydrogens is 218 g/mol. The molecule has 0 atom stereocenters. The minimum Gasteiger partial charge on any atom is -0.496 e. The number of methoxy groups -OCH3 is 1. The van der Waals surface area contributed by atoms with Gasteiger partial charge in [0, 0.05) is 12.5 Å². The minimum atomic E-state index is -0.902. The fourth-order valence-electron chi connectivity index (χ4n) is 1.90. The highest BCUT2D eigenvalue weighted by molar-refractivity contribution is 6.05. The molecule has 0 saturated heterocycles. The van der Waals surface area contributed by atoms with Crippen molar-refractivity contribution in [3.8, 4) is 11.5 Å². The molecule has 4 heteroatoms. The van der Waals surface area contributed by atoms with Gasteiger partial charge in [-0.15, -0.1) is 0 Å². The Morgan fingerprint density at radius 1 is 1.47 bits per heavy atom. The van der Waals surface area contributed by atoms with Crippen molar-refractivity contribution in [3.63, 3.8) is 0 Å². The summed E-state index contributed by atoms with van der Waals surface area (Å²) in [5.74, 6) is 1.20. The van der Waals surface area contributed by atoms with Crippen molar-refractivity contribution in [2.24, 2.45) is 5.73 Å². The number of carbonyl (C=O) groups is 1. The Morgan fingerprint density at radius 3 is 2.76 bits per heavy atom. The van der Waals surface area contributed by atoms with Crippen LogP contribution in [0.25, 0.3) is 0 Å². The van der Waals surface area contributed by atoms with E-state index in [2.05, 4.69) is 0 Å². The summed E-state index contributed by atoms with van der Waals surface area (Å²) in [5.41, 5.74) is 6.51. The smallest absolute Gasteiger partial charge is 0.185 e. The molecule has 1 aromatic rings. The molecule has 0 radical (unpaired) electrons. The number of hydrogen-bond acceptors (Lipinski definition) is 4. The Morgan fingerprint density at radius 2 is 2.18 bits per heavy atom. The molecule has 0 unspecified atom stereocenters. The van der Waals surface area contributed by atoms with Gasteiger partial charge in [0.2, 0.25) is 0 Å². The molecule has 0 spiro atoms. The molecular formula is C13H17NO3. The molecule has 0 bridgehead atoms. The topological polar surface area (TPSA) is 61.5 Å². The van der Waals surface area contributed by atoms with E-state index in [4.69, 9.17) is 15.2 Å². The van der Waals surface area contributed by atoms with Crippen LogP contribution in [0.4, 0.5) is 0 Å². The summed E-state index contributed by atoms with van der Waals surface area (Å²) in [6, 6.07) is 3.60. The summed E-state index contributed by atoms with van der Waals surface area (Å²) < 4.78 is 10.7. The van der Waals surface area contributed by atoms with Crippen LogP contribution in [0.3, 0.4) is 0 Å². The summed E-state index contributed by atoms with van der Waals surface area (Å²) in [7, 11) is 1.54. The highest BCUT2D eigenvalue weighted by Gasteiger charge is 2.28. The highest BCUT2D eigenvalue weighted by Crippen LogP contribution is 2.34. The van der Waals surface area contributed by atoms with E-state index in [0.717, 1.165) is 17.7 Å². The maximum absolute atomic E-state index is 12.2. The Labute approximate surface area is 101 Å². The van der Waals surface area contributed by atoms with Gasteiger partial charge < -0.3 is 15.2 Å². The van der Waals surface area contributed by atoms with Crippen LogP contribution in [-0.2, 0) is 6.42 Å². The van der Waals surface area contributed by atoms with E-state index in [0.29, 0.717) is 17.9 Å². The lowest BCUT2D eigenvalue weighted by Gasteiger charge is -2.19. The van der Waals surface area contributed by atoms with Crippen LogP contribution in [0.1, 0.15) is 29.8 Å². The van der Waals surface area contributed by atoms with Crippen molar-refractivity contribution in [3.05, 3.63) is 23.3 Å². The molecule has 0 saturated carbocycles. The maximum Gasteiger partial charge on any atom is 0.185 e. The molecule has 4 nitrogen and oxygen atoms in total. The Hall–Kier alpha value is -1.55. The third kappa shape index (κ3) is 2.13. The molecule has 0 fully saturated rings. The minimum absolute atomic E-state index is 0.121. The van der Waals surface area contributed by atoms with Crippen LogP contribution in [0, 0.1) is 0 Å². The molecule has 1 aliphatic rings. The van der Waals surface area contributed by atoms with Crippen molar-refractivity contribution in [1.82, 2.24) is 0 Å². The second-order valence-electron chi connectivity index (χ2n) is 4.81. The van der Waals surface area contributed by atoms with Crippen molar-refractivity contribution < 1.29 is 14.3 Å². The number of rotatable bonds is 3. The fraction of sp³-hybridized carbons (Fsp3) is 0.462. The normalized spacial score (nSPS) is 14.1. The SMILES string of the molecule is COc1cc2c(cc1C(=O)C(C)(C)N)CCO2. The average molecular weight is 235 g/mol. The van der Waals surface area contributed by atoms with Gasteiger partial charge in [0.15, 0.2) is 5.78 Å². The maximum atomic E-state index is 12.2. The van der Waals surface area contributed by atoms with Gasteiger partial charge in [-0.05, 0) is 25.5 Å². The number of fused-ring (bicyclic) bond motifs is 1. The van der Waals surface area contributed by atoms with E-state index >= 15 is 0 Å². The Kier molecular flexibility index (Phi) is 2.83. The zero-order chi connectivity index (χ0) is 12.6. The van der Waals surface area contributed by atoms with Gasteiger partial charge in [0.1, 0.15) is 11.5 Å². The van der Waals surface area contributed by atoms with Gasteiger partial charge in [-0.2, -0.15) is 0 Å². The summed E-state index contributed by atoms with van der Waals surface area (Å²) >= 11 is 0. The van der Waals surface area contributed by atoms with E-state index < -0.39 is 5.54 Å². The predicted octanol–water partition coefficient (Wildman–Crippen LogP) is 1.55. The van der Waals surface area contributed by atoms with Crippen LogP contribution in [0.5, 0.6) is 11.5 Å². The van der Waals surface area contributed by atoms with E-state index in [9.17, 15) is 4.79 Å². The first-order chi connectivity index (χ1) is 7.93. The number of Topliss-reactive ketones (excluding diaryl/α,β-unsaturated/α-hetero) is 1. The van der Waals surface area contributed by atoms with Crippen molar-refractivity contribution in [1.29, 1.82) is 0 Å². The Bertz CT molecular complexity index is 460. The van der Waals surface area contributed by atoms with Crippen LogP contribution in [0.15, 0.2) is 12.1 Å². The zero-order valence-corrected chi connectivity index (χ0v) is 10.4. The fourth-order valence-corrected chi connectivity index (χ4v) is 1.90. The molecule has 0 amide bonds. The van der Waals surface area contributed by atoms with E-state index in [-0.39, 0.29) is 5.78 Å². The molecule has 1 aromatic carbocycles. The lowest BCUT2D eigenvalue weighted by atomic mass is 9.92. The third-order valence-electron chi connectivity index (χ3n) is 2.84. The van der Waals surface area contributed by atoms with Gasteiger partial charge in [0.05, 0.1) is 24.8 Å². The first-order valence-corrected chi connectivity index (χ1v) is 5.61. The van der Waals surface area contributed by atoms with Crippen molar-refractivity contribution >= 4 is 5.78 Å². The molecule has 1 aliphatic heterocycles. The van der Waals surface area contributed by atoms with Crippen LogP contribution in [-0.4, -0.2) is 25.0 Å². The highest BCUT2D eigenvalue weighted by atomic mass is 16.5. The first kappa shape index (κ1) is 11.9. The average Bonchev–Trinajstić information content (AvgIpc) is 2.71. The largest absolute Gasteiger partial charge is 0.496 e. The predicted molar refractivity (Wildman–Crippen MR) is 64.8 cm³/mol. The van der Waals surface area contributed by atoms with Gasteiger partial charge in [-0.3, -0.25) is 4.79 Å². The number of benzene rings is 1. The number of nitrogens with two attached hydrogens (primary N) is 1. The number of ether oxygens (including phenoxy) is 2. The molecule has 0 aromatic heterocycles. The summed E-state index contributed by atoms with van der Waals surface area (Å²) in [4.78, 5) is 12.2. The number of ketones is 1. The van der Waals surface area contributed by atoms with Gasteiger partial charge in [-0.25, -0.2) is 0 Å². The lowest BCUT2D eigenvalue weighted by Crippen LogP contribution is -2.41. The first-order valence-electron chi connectivity index (χ1n) is 5.61. The molecule has 0 aliphatic carbocycles. The standard InChI is InChI=1S/C13H17NO3/c1-13(2,14)12(15)9-6-8-4-5-17-10(8)7-11(9)16-3/h6-7H,4-5,14H2,1-3H3. The summed E-state index contributed by atoms with van der Waals surface area (Å²) in [6.07, 6.45) is 0.824.